The van der Waals surface area contributed by atoms with Crippen molar-refractivity contribution in [2.24, 2.45) is 0 Å². The lowest BCUT2D eigenvalue weighted by molar-refractivity contribution is -0.111. The van der Waals surface area contributed by atoms with E-state index in [4.69, 9.17) is 9.47 Å². The van der Waals surface area contributed by atoms with Crippen LogP contribution in [0.2, 0.25) is 0 Å². The summed E-state index contributed by atoms with van der Waals surface area (Å²) in [6.45, 7) is 14.9. The summed E-state index contributed by atoms with van der Waals surface area (Å²) < 4.78 is 11.3. The predicted molar refractivity (Wildman–Crippen MR) is 151 cm³/mol. The van der Waals surface area contributed by atoms with E-state index >= 15 is 0 Å². The molecule has 4 rings (SSSR count). The molecule has 0 saturated heterocycles. The Morgan fingerprint density at radius 3 is 2.27 bits per heavy atom. The standard InChI is InChI=1S/C32H38N2O3/c1-6-34(7-2)22-23-9-8-10-25(19-23)28(24-11-13-26(14-12-24)32(3,4)5)21-31(35)33-27-15-16-29-30(20-27)37-18-17-36-29/h8-16,19-21H,6-7,17-18,22H2,1-5H3,(H,33,35)/b28-21-. The smallest absolute Gasteiger partial charge is 0.249 e. The number of fused-ring (bicyclic) bond motifs is 1. The van der Waals surface area contributed by atoms with Crippen molar-refractivity contribution in [3.05, 3.63) is 95.1 Å². The monoisotopic (exact) mass is 498 g/mol. The third-order valence-corrected chi connectivity index (χ3v) is 6.69. The SMILES string of the molecule is CCN(CC)Cc1cccc(/C(=C\C(=O)Nc2ccc3c(c2)OCCO3)c2ccc(C(C)(C)C)cc2)c1. The molecule has 5 nitrogen and oxygen atoms in total. The van der Waals surface area contributed by atoms with Gasteiger partial charge in [0.05, 0.1) is 0 Å². The molecular weight excluding hydrogens is 460 g/mol. The van der Waals surface area contributed by atoms with Gasteiger partial charge in [0, 0.05) is 24.4 Å². The number of benzene rings is 3. The first-order valence-electron chi connectivity index (χ1n) is 13.1. The van der Waals surface area contributed by atoms with Crippen molar-refractivity contribution in [2.45, 2.75) is 46.6 Å². The van der Waals surface area contributed by atoms with Gasteiger partial charge in [0.15, 0.2) is 11.5 Å². The second-order valence-electron chi connectivity index (χ2n) is 10.4. The first-order valence-corrected chi connectivity index (χ1v) is 13.1. The topological polar surface area (TPSA) is 50.8 Å². The predicted octanol–water partition coefficient (Wildman–Crippen LogP) is 6.67. The number of anilines is 1. The number of nitrogens with one attached hydrogen (secondary N) is 1. The third kappa shape index (κ3) is 6.80. The highest BCUT2D eigenvalue weighted by Gasteiger charge is 2.16. The molecule has 3 aromatic carbocycles. The van der Waals surface area contributed by atoms with Crippen LogP contribution in [0, 0.1) is 0 Å². The maximum atomic E-state index is 13.3. The maximum absolute atomic E-state index is 13.3. The van der Waals surface area contributed by atoms with Crippen molar-refractivity contribution in [1.29, 1.82) is 0 Å². The first kappa shape index (κ1) is 26.5. The molecular formula is C32H38N2O3. The number of ether oxygens (including phenoxy) is 2. The van der Waals surface area contributed by atoms with E-state index in [2.05, 4.69) is 93.4 Å². The number of nitrogens with zero attached hydrogens (tertiary/aromatic N) is 1. The minimum Gasteiger partial charge on any atom is -0.486 e. The van der Waals surface area contributed by atoms with E-state index in [1.807, 2.05) is 18.2 Å². The molecule has 0 radical (unpaired) electrons. The first-order chi connectivity index (χ1) is 17.8. The van der Waals surface area contributed by atoms with Crippen LogP contribution in [0.4, 0.5) is 5.69 Å². The van der Waals surface area contributed by atoms with E-state index in [1.54, 1.807) is 6.08 Å². The highest BCUT2D eigenvalue weighted by Crippen LogP contribution is 2.33. The highest BCUT2D eigenvalue weighted by atomic mass is 16.6. The molecule has 0 atom stereocenters. The van der Waals surface area contributed by atoms with Gasteiger partial charge in [-0.05, 0) is 64.5 Å². The summed E-state index contributed by atoms with van der Waals surface area (Å²) in [4.78, 5) is 15.6. The molecule has 0 spiro atoms. The van der Waals surface area contributed by atoms with E-state index in [0.717, 1.165) is 36.3 Å². The quantitative estimate of drug-likeness (QED) is 0.353. The van der Waals surface area contributed by atoms with Crippen LogP contribution in [-0.2, 0) is 16.8 Å². The molecule has 37 heavy (non-hydrogen) atoms. The molecule has 1 aliphatic rings. The number of carbonyl (C=O) groups is 1. The molecule has 5 heteroatoms. The van der Waals surface area contributed by atoms with E-state index in [0.29, 0.717) is 30.4 Å². The van der Waals surface area contributed by atoms with Gasteiger partial charge in [-0.1, -0.05) is 77.1 Å². The summed E-state index contributed by atoms with van der Waals surface area (Å²) in [5.74, 6) is 1.15. The molecule has 3 aromatic rings. The fourth-order valence-electron chi connectivity index (χ4n) is 4.46. The van der Waals surface area contributed by atoms with Gasteiger partial charge in [0.2, 0.25) is 5.91 Å². The van der Waals surface area contributed by atoms with Crippen molar-refractivity contribution < 1.29 is 14.3 Å². The molecule has 1 aliphatic heterocycles. The second kappa shape index (κ2) is 11.7. The Morgan fingerprint density at radius 2 is 1.59 bits per heavy atom. The van der Waals surface area contributed by atoms with Crippen LogP contribution >= 0.6 is 0 Å². The van der Waals surface area contributed by atoms with Gasteiger partial charge >= 0.3 is 0 Å². The zero-order chi connectivity index (χ0) is 26.4. The molecule has 0 aromatic heterocycles. The van der Waals surface area contributed by atoms with Crippen molar-refractivity contribution >= 4 is 17.2 Å². The second-order valence-corrected chi connectivity index (χ2v) is 10.4. The van der Waals surface area contributed by atoms with Crippen LogP contribution in [-0.4, -0.2) is 37.1 Å². The van der Waals surface area contributed by atoms with Crippen LogP contribution in [0.3, 0.4) is 0 Å². The van der Waals surface area contributed by atoms with Gasteiger partial charge in [-0.3, -0.25) is 9.69 Å². The van der Waals surface area contributed by atoms with Crippen LogP contribution in [0.1, 0.15) is 56.9 Å². The van der Waals surface area contributed by atoms with E-state index in [9.17, 15) is 4.79 Å². The molecule has 1 N–H and O–H groups in total. The third-order valence-electron chi connectivity index (χ3n) is 6.69. The van der Waals surface area contributed by atoms with Crippen LogP contribution < -0.4 is 14.8 Å². The number of carbonyl (C=O) groups excluding carboxylic acids is 1. The summed E-state index contributed by atoms with van der Waals surface area (Å²) in [5.41, 5.74) is 6.12. The van der Waals surface area contributed by atoms with Gasteiger partial charge < -0.3 is 14.8 Å². The van der Waals surface area contributed by atoms with Gasteiger partial charge in [0.1, 0.15) is 13.2 Å². The Kier molecular flexibility index (Phi) is 8.34. The Morgan fingerprint density at radius 1 is 0.892 bits per heavy atom. The Balaban J connectivity index is 1.67. The van der Waals surface area contributed by atoms with Crippen molar-refractivity contribution in [2.75, 3.05) is 31.6 Å². The van der Waals surface area contributed by atoms with E-state index < -0.39 is 0 Å². The number of amides is 1. The van der Waals surface area contributed by atoms with Crippen molar-refractivity contribution in [3.8, 4) is 11.5 Å². The van der Waals surface area contributed by atoms with E-state index in [1.165, 1.54) is 11.1 Å². The van der Waals surface area contributed by atoms with Gasteiger partial charge in [-0.25, -0.2) is 0 Å². The van der Waals surface area contributed by atoms with Gasteiger partial charge in [0.25, 0.3) is 0 Å². The zero-order valence-electron chi connectivity index (χ0n) is 22.6. The molecule has 194 valence electrons. The van der Waals surface area contributed by atoms with E-state index in [-0.39, 0.29) is 11.3 Å². The Hall–Kier alpha value is -3.57. The fourth-order valence-corrected chi connectivity index (χ4v) is 4.46. The highest BCUT2D eigenvalue weighted by molar-refractivity contribution is 6.06. The zero-order valence-corrected chi connectivity index (χ0v) is 22.6. The summed E-state index contributed by atoms with van der Waals surface area (Å²) in [6, 6.07) is 22.5. The molecule has 0 fully saturated rings. The van der Waals surface area contributed by atoms with Gasteiger partial charge in [-0.2, -0.15) is 0 Å². The Bertz CT molecular complexity index is 1250. The average molecular weight is 499 g/mol. The molecule has 1 amide bonds. The number of hydrogen-bond acceptors (Lipinski definition) is 4. The summed E-state index contributed by atoms with van der Waals surface area (Å²) in [5, 5.41) is 3.00. The molecule has 1 heterocycles. The van der Waals surface area contributed by atoms with Crippen molar-refractivity contribution in [1.82, 2.24) is 4.90 Å². The lowest BCUT2D eigenvalue weighted by Gasteiger charge is -2.20. The van der Waals surface area contributed by atoms with Crippen LogP contribution in [0.5, 0.6) is 11.5 Å². The fraction of sp³-hybridized carbons (Fsp3) is 0.344. The number of rotatable bonds is 8. The summed E-state index contributed by atoms with van der Waals surface area (Å²) >= 11 is 0. The molecule has 0 aliphatic carbocycles. The summed E-state index contributed by atoms with van der Waals surface area (Å²) in [7, 11) is 0. The van der Waals surface area contributed by atoms with Crippen LogP contribution in [0.15, 0.2) is 72.8 Å². The molecule has 0 saturated carbocycles. The minimum atomic E-state index is -0.194. The molecule has 0 unspecified atom stereocenters. The van der Waals surface area contributed by atoms with Crippen molar-refractivity contribution in [3.63, 3.8) is 0 Å². The average Bonchev–Trinajstić information content (AvgIpc) is 2.90. The molecule has 0 bridgehead atoms. The normalized spacial score (nSPS) is 13.5. The summed E-state index contributed by atoms with van der Waals surface area (Å²) in [6.07, 6.45) is 1.69. The maximum Gasteiger partial charge on any atom is 0.249 e. The number of hydrogen-bond donors (Lipinski definition) is 1. The Labute approximate surface area is 221 Å². The lowest BCUT2D eigenvalue weighted by atomic mass is 9.85. The van der Waals surface area contributed by atoms with Gasteiger partial charge in [-0.15, -0.1) is 0 Å². The van der Waals surface area contributed by atoms with Crippen LogP contribution in [0.25, 0.3) is 5.57 Å². The lowest BCUT2D eigenvalue weighted by Crippen LogP contribution is -2.22. The largest absolute Gasteiger partial charge is 0.486 e. The minimum absolute atomic E-state index is 0.0572.